The number of methoxy groups -OCH3 is 2. The normalized spacial score (nSPS) is 11.2. The minimum atomic E-state index is -0.726. The number of nitrogens with zero attached hydrogens (tertiary/aromatic N) is 4. The van der Waals surface area contributed by atoms with Crippen LogP contribution in [-0.4, -0.2) is 54.2 Å². The van der Waals surface area contributed by atoms with Gasteiger partial charge in [0, 0.05) is 11.6 Å². The molecular formula is C29H24N4O9. The van der Waals surface area contributed by atoms with Crippen LogP contribution < -0.4 is 19.8 Å². The first kappa shape index (κ1) is 27.8. The molecule has 2 aromatic heterocycles. The van der Waals surface area contributed by atoms with Crippen molar-refractivity contribution in [2.45, 2.75) is 6.92 Å². The van der Waals surface area contributed by atoms with Crippen molar-refractivity contribution in [3.05, 3.63) is 86.7 Å². The molecule has 0 N–H and O–H groups in total. The Labute approximate surface area is 237 Å². The first-order valence-electron chi connectivity index (χ1n) is 12.6. The van der Waals surface area contributed by atoms with Gasteiger partial charge >= 0.3 is 11.7 Å². The number of aromatic nitrogens is 2. The van der Waals surface area contributed by atoms with Crippen LogP contribution in [0.1, 0.15) is 12.5 Å². The molecule has 0 radical (unpaired) electrons. The lowest BCUT2D eigenvalue weighted by Crippen LogP contribution is -2.20. The minimum Gasteiger partial charge on any atom is -0.496 e. The molecule has 0 aliphatic heterocycles. The number of nitro groups is 1. The zero-order valence-corrected chi connectivity index (χ0v) is 22.7. The number of carbonyl (C=O) groups excluding carboxylic acids is 1. The Morgan fingerprint density at radius 1 is 1.07 bits per heavy atom. The average molecular weight is 573 g/mol. The smallest absolute Gasteiger partial charge is 0.343 e. The second kappa shape index (κ2) is 11.8. The monoisotopic (exact) mass is 572 g/mol. The fraction of sp³-hybridized carbons (Fsp3) is 0.172. The van der Waals surface area contributed by atoms with Crippen molar-refractivity contribution in [1.82, 2.24) is 9.66 Å². The van der Waals surface area contributed by atoms with Crippen LogP contribution in [-0.2, 0) is 9.53 Å². The number of nitro benzene ring substituents is 1. The Bertz CT molecular complexity index is 1910. The molecular weight excluding hydrogens is 548 g/mol. The molecule has 0 saturated carbocycles. The van der Waals surface area contributed by atoms with Crippen molar-refractivity contribution in [2.75, 3.05) is 27.4 Å². The number of hydrogen-bond acceptors (Lipinski definition) is 11. The van der Waals surface area contributed by atoms with E-state index in [9.17, 15) is 19.7 Å². The van der Waals surface area contributed by atoms with E-state index in [-0.39, 0.29) is 35.3 Å². The van der Waals surface area contributed by atoms with Crippen molar-refractivity contribution >= 4 is 39.7 Å². The fourth-order valence-electron chi connectivity index (χ4n) is 4.25. The summed E-state index contributed by atoms with van der Waals surface area (Å²) in [6.45, 7) is 1.28. The highest BCUT2D eigenvalue weighted by molar-refractivity contribution is 5.89. The summed E-state index contributed by atoms with van der Waals surface area (Å²) in [7, 11) is 2.71. The molecule has 0 aliphatic carbocycles. The molecule has 42 heavy (non-hydrogen) atoms. The lowest BCUT2D eigenvalue weighted by atomic mass is 10.2. The molecule has 0 unspecified atom stereocenters. The summed E-state index contributed by atoms with van der Waals surface area (Å²) in [5.41, 5.74) is 0.198. The number of benzene rings is 3. The number of carbonyl (C=O) groups is 1. The second-order valence-electron chi connectivity index (χ2n) is 8.72. The van der Waals surface area contributed by atoms with E-state index in [1.54, 1.807) is 55.5 Å². The van der Waals surface area contributed by atoms with Gasteiger partial charge in [0.15, 0.2) is 18.1 Å². The van der Waals surface area contributed by atoms with Crippen molar-refractivity contribution < 1.29 is 33.1 Å². The highest BCUT2D eigenvalue weighted by Crippen LogP contribution is 2.38. The maximum atomic E-state index is 13.6. The van der Waals surface area contributed by atoms with Crippen LogP contribution in [0.2, 0.25) is 0 Å². The van der Waals surface area contributed by atoms with Gasteiger partial charge in [0.1, 0.15) is 11.3 Å². The zero-order valence-electron chi connectivity index (χ0n) is 22.7. The average Bonchev–Trinajstić information content (AvgIpc) is 3.44. The van der Waals surface area contributed by atoms with Gasteiger partial charge in [-0.1, -0.05) is 18.2 Å². The van der Waals surface area contributed by atoms with E-state index in [0.717, 1.165) is 4.68 Å². The number of para-hydroxylation sites is 1. The number of fused-ring (bicyclic) bond motifs is 2. The molecule has 13 nitrogen and oxygen atoms in total. The van der Waals surface area contributed by atoms with Crippen molar-refractivity contribution in [3.63, 3.8) is 0 Å². The van der Waals surface area contributed by atoms with Crippen LogP contribution in [0.15, 0.2) is 75.0 Å². The summed E-state index contributed by atoms with van der Waals surface area (Å²) in [5, 5.41) is 17.3. The standard InChI is InChI=1S/C29H24N4O9/c1-4-40-24-13-17(12-21(33(36)37)27(24)41-16-26(34)39-3)15-30-32-28(31-20-9-6-5-8-18(20)29(32)35)25-14-19-22(38-2)10-7-11-23(19)42-25/h5-15H,4,16H2,1-3H3. The Kier molecular flexibility index (Phi) is 7.82. The summed E-state index contributed by atoms with van der Waals surface area (Å²) >= 11 is 0. The van der Waals surface area contributed by atoms with E-state index < -0.39 is 28.7 Å². The van der Waals surface area contributed by atoms with Crippen molar-refractivity contribution in [2.24, 2.45) is 5.10 Å². The summed E-state index contributed by atoms with van der Waals surface area (Å²) in [6.07, 6.45) is 1.25. The van der Waals surface area contributed by atoms with Gasteiger partial charge in [0.25, 0.3) is 5.56 Å². The van der Waals surface area contributed by atoms with Gasteiger partial charge in [0.05, 0.1) is 48.3 Å². The highest BCUT2D eigenvalue weighted by atomic mass is 16.6. The summed E-state index contributed by atoms with van der Waals surface area (Å²) in [4.78, 5) is 41.1. The number of hydrogen-bond donors (Lipinski definition) is 0. The lowest BCUT2D eigenvalue weighted by molar-refractivity contribution is -0.385. The second-order valence-corrected chi connectivity index (χ2v) is 8.72. The third-order valence-corrected chi connectivity index (χ3v) is 6.15. The molecule has 13 heteroatoms. The van der Waals surface area contributed by atoms with Gasteiger partial charge in [-0.3, -0.25) is 14.9 Å². The van der Waals surface area contributed by atoms with Gasteiger partial charge in [0.2, 0.25) is 11.6 Å². The van der Waals surface area contributed by atoms with Crippen molar-refractivity contribution in [1.29, 1.82) is 0 Å². The molecule has 5 aromatic rings. The summed E-state index contributed by atoms with van der Waals surface area (Å²) in [5.74, 6) is -0.0356. The van der Waals surface area contributed by atoms with Crippen LogP contribution in [0, 0.1) is 10.1 Å². The minimum absolute atomic E-state index is 0.00522. The Balaban J connectivity index is 1.66. The predicted molar refractivity (Wildman–Crippen MR) is 153 cm³/mol. The van der Waals surface area contributed by atoms with Gasteiger partial charge in [-0.2, -0.15) is 9.78 Å². The van der Waals surface area contributed by atoms with Gasteiger partial charge in [-0.05, 0) is 43.3 Å². The molecule has 0 saturated heterocycles. The third kappa shape index (κ3) is 5.35. The molecule has 3 aromatic carbocycles. The van der Waals surface area contributed by atoms with Crippen LogP contribution >= 0.6 is 0 Å². The molecule has 2 heterocycles. The number of esters is 1. The topological polar surface area (TPSA) is 158 Å². The first-order valence-corrected chi connectivity index (χ1v) is 12.6. The number of furan rings is 1. The SMILES string of the molecule is CCOc1cc(C=Nn2c(-c3cc4c(OC)cccc4o3)nc3ccccc3c2=O)cc([N+](=O)[O-])c1OCC(=O)OC. The van der Waals surface area contributed by atoms with Gasteiger partial charge < -0.3 is 23.4 Å². The lowest BCUT2D eigenvalue weighted by Gasteiger charge is -2.12. The molecule has 0 aliphatic rings. The van der Waals surface area contributed by atoms with E-state index in [1.807, 2.05) is 0 Å². The van der Waals surface area contributed by atoms with Crippen molar-refractivity contribution in [3.8, 4) is 28.8 Å². The quantitative estimate of drug-likeness (QED) is 0.101. The molecule has 0 atom stereocenters. The molecule has 5 rings (SSSR count). The van der Waals surface area contributed by atoms with E-state index in [0.29, 0.717) is 27.6 Å². The van der Waals surface area contributed by atoms with Crippen LogP contribution in [0.4, 0.5) is 5.69 Å². The highest BCUT2D eigenvalue weighted by Gasteiger charge is 2.24. The van der Waals surface area contributed by atoms with E-state index in [2.05, 4.69) is 14.8 Å². The van der Waals surface area contributed by atoms with Crippen LogP contribution in [0.25, 0.3) is 33.5 Å². The van der Waals surface area contributed by atoms with E-state index in [4.69, 9.17) is 18.6 Å². The molecule has 0 amide bonds. The largest absolute Gasteiger partial charge is 0.496 e. The zero-order chi connectivity index (χ0) is 29.8. The van der Waals surface area contributed by atoms with Crippen LogP contribution in [0.5, 0.6) is 17.2 Å². The fourth-order valence-corrected chi connectivity index (χ4v) is 4.25. The molecule has 0 bridgehead atoms. The maximum Gasteiger partial charge on any atom is 0.343 e. The van der Waals surface area contributed by atoms with Crippen LogP contribution in [0.3, 0.4) is 0 Å². The number of rotatable bonds is 10. The van der Waals surface area contributed by atoms with Gasteiger partial charge in [-0.15, -0.1) is 0 Å². The first-order chi connectivity index (χ1) is 20.3. The maximum absolute atomic E-state index is 13.6. The predicted octanol–water partition coefficient (Wildman–Crippen LogP) is 4.56. The Hall–Kier alpha value is -5.72. The molecule has 214 valence electrons. The third-order valence-electron chi connectivity index (χ3n) is 6.15. The molecule has 0 fully saturated rings. The summed E-state index contributed by atoms with van der Waals surface area (Å²) in [6, 6.07) is 16.4. The Morgan fingerprint density at radius 3 is 2.62 bits per heavy atom. The van der Waals surface area contributed by atoms with Gasteiger partial charge in [-0.25, -0.2) is 9.78 Å². The van der Waals surface area contributed by atoms with E-state index >= 15 is 0 Å². The molecule has 0 spiro atoms. The number of ether oxygens (including phenoxy) is 4. The van der Waals surface area contributed by atoms with E-state index in [1.165, 1.54) is 32.6 Å². The Morgan fingerprint density at radius 2 is 1.88 bits per heavy atom. The summed E-state index contributed by atoms with van der Waals surface area (Å²) < 4.78 is 28.0.